The number of hydrogen-bond acceptors (Lipinski definition) is 4. The van der Waals surface area contributed by atoms with E-state index in [0.717, 1.165) is 0 Å². The molecule has 0 aliphatic carbocycles. The molecule has 15 heavy (non-hydrogen) atoms. The average Bonchev–Trinajstić information content (AvgIpc) is 1.82. The molecular weight excluding hydrogens is 416 g/mol. The first-order valence-electron chi connectivity index (χ1n) is 3.17. The van der Waals surface area contributed by atoms with Crippen LogP contribution in [0.5, 0.6) is 0 Å². The first-order chi connectivity index (χ1) is 5.78. The molecule has 0 aliphatic rings. The van der Waals surface area contributed by atoms with Gasteiger partial charge in [0.05, 0.1) is 12.8 Å². The number of carboxylic acids is 3. The quantitative estimate of drug-likeness (QED) is 0.342. The standard InChI is InChI=1S/C6H8O7.Bi.Na.4H/c7-3(8)1-6(13,5(11)12)2-4(9)10;;;;;;/h13H,1-2H2,(H,7,8)(H,9,10)(H,11,12);;;;;;. The summed E-state index contributed by atoms with van der Waals surface area (Å²) in [7, 11) is 0. The third-order valence-electron chi connectivity index (χ3n) is 1.29. The summed E-state index contributed by atoms with van der Waals surface area (Å²) in [6, 6.07) is 0. The van der Waals surface area contributed by atoms with Gasteiger partial charge in [-0.3, -0.25) is 9.59 Å². The van der Waals surface area contributed by atoms with Gasteiger partial charge in [0.1, 0.15) is 0 Å². The molecule has 84 valence electrons. The molecule has 0 saturated heterocycles. The molecular formula is C6H12BiNaO7. The van der Waals surface area contributed by atoms with Gasteiger partial charge < -0.3 is 20.4 Å². The Morgan fingerprint density at radius 3 is 1.33 bits per heavy atom. The summed E-state index contributed by atoms with van der Waals surface area (Å²) in [5.74, 6) is -5.02. The van der Waals surface area contributed by atoms with E-state index in [1.165, 1.54) is 0 Å². The molecule has 0 saturated carbocycles. The van der Waals surface area contributed by atoms with Crippen LogP contribution in [0, 0.1) is 0 Å². The van der Waals surface area contributed by atoms with Gasteiger partial charge in [-0.15, -0.1) is 0 Å². The molecule has 0 aliphatic heterocycles. The van der Waals surface area contributed by atoms with Gasteiger partial charge in [-0.25, -0.2) is 4.79 Å². The number of aliphatic carboxylic acids is 3. The van der Waals surface area contributed by atoms with Gasteiger partial charge in [0.2, 0.25) is 0 Å². The van der Waals surface area contributed by atoms with E-state index in [1.54, 1.807) is 0 Å². The van der Waals surface area contributed by atoms with Crippen molar-refractivity contribution in [1.29, 1.82) is 0 Å². The molecule has 0 bridgehead atoms. The Labute approximate surface area is 126 Å². The van der Waals surface area contributed by atoms with Crippen LogP contribution in [0.15, 0.2) is 0 Å². The Hall–Kier alpha value is 0.253. The van der Waals surface area contributed by atoms with Crippen molar-refractivity contribution in [3.8, 4) is 0 Å². The predicted octanol–water partition coefficient (Wildman–Crippen LogP) is -3.08. The van der Waals surface area contributed by atoms with E-state index in [1.807, 2.05) is 0 Å². The molecule has 0 atom stereocenters. The molecule has 0 spiro atoms. The Morgan fingerprint density at radius 1 is 0.933 bits per heavy atom. The van der Waals surface area contributed by atoms with Crippen LogP contribution < -0.4 is 0 Å². The second-order valence-corrected chi connectivity index (χ2v) is 2.48. The molecule has 0 rings (SSSR count). The third-order valence-corrected chi connectivity index (χ3v) is 1.29. The van der Waals surface area contributed by atoms with Gasteiger partial charge in [0, 0.05) is 0 Å². The Balaban J connectivity index is -0.000000720. The van der Waals surface area contributed by atoms with Crippen molar-refractivity contribution in [3.63, 3.8) is 0 Å². The first kappa shape index (κ1) is 20.6. The minimum absolute atomic E-state index is 0. The van der Waals surface area contributed by atoms with E-state index < -0.39 is 36.4 Å². The first-order valence-corrected chi connectivity index (χ1v) is 3.17. The SMILES string of the molecule is O=C(O)CC(O)(CC(=O)O)C(=O)O.[BiH3].[NaH]. The molecule has 0 amide bonds. The summed E-state index contributed by atoms with van der Waals surface area (Å²) in [6.45, 7) is 0. The number of carboxylic acid groups (broad SMARTS) is 3. The van der Waals surface area contributed by atoms with Crippen LogP contribution in [0.3, 0.4) is 0 Å². The van der Waals surface area contributed by atoms with Crippen molar-refractivity contribution in [3.05, 3.63) is 0 Å². The summed E-state index contributed by atoms with van der Waals surface area (Å²) in [4.78, 5) is 30.5. The minimum atomic E-state index is -2.74. The van der Waals surface area contributed by atoms with Gasteiger partial charge >= 0.3 is 73.7 Å². The number of aliphatic hydroxyl groups is 1. The molecule has 4 N–H and O–H groups in total. The molecule has 0 aromatic carbocycles. The molecule has 0 aromatic rings. The zero-order valence-electron chi connectivity index (χ0n) is 7.13. The van der Waals surface area contributed by atoms with E-state index in [-0.39, 0.29) is 55.8 Å². The maximum atomic E-state index is 10.3. The second-order valence-electron chi connectivity index (χ2n) is 2.48. The summed E-state index contributed by atoms with van der Waals surface area (Å²) in [5.41, 5.74) is -2.74. The summed E-state index contributed by atoms with van der Waals surface area (Å²) >= 11 is 0. The molecule has 0 aromatic heterocycles. The van der Waals surface area contributed by atoms with Crippen molar-refractivity contribution >= 4 is 73.7 Å². The second kappa shape index (κ2) is 8.41. The van der Waals surface area contributed by atoms with Gasteiger partial charge in [-0.1, -0.05) is 0 Å². The fourth-order valence-corrected chi connectivity index (χ4v) is 0.714. The van der Waals surface area contributed by atoms with Crippen molar-refractivity contribution in [2.24, 2.45) is 0 Å². The normalized spacial score (nSPS) is 9.40. The average molecular weight is 428 g/mol. The number of rotatable bonds is 5. The van der Waals surface area contributed by atoms with Crippen molar-refractivity contribution in [2.45, 2.75) is 18.4 Å². The van der Waals surface area contributed by atoms with Gasteiger partial charge in [0.25, 0.3) is 0 Å². The molecule has 0 fully saturated rings. The van der Waals surface area contributed by atoms with Crippen LogP contribution in [0.2, 0.25) is 0 Å². The molecule has 0 unspecified atom stereocenters. The molecule has 9 heteroatoms. The van der Waals surface area contributed by atoms with Gasteiger partial charge in [-0.05, 0) is 0 Å². The Kier molecular flexibility index (Phi) is 11.6. The Morgan fingerprint density at radius 2 is 1.20 bits per heavy atom. The van der Waals surface area contributed by atoms with E-state index in [2.05, 4.69) is 0 Å². The van der Waals surface area contributed by atoms with Crippen LogP contribution >= 0.6 is 0 Å². The molecule has 0 radical (unpaired) electrons. The van der Waals surface area contributed by atoms with Crippen molar-refractivity contribution < 1.29 is 34.8 Å². The van der Waals surface area contributed by atoms with Crippen LogP contribution in [0.1, 0.15) is 12.8 Å². The van der Waals surface area contributed by atoms with Crippen molar-refractivity contribution in [1.82, 2.24) is 0 Å². The van der Waals surface area contributed by atoms with E-state index in [4.69, 9.17) is 20.4 Å². The predicted molar refractivity (Wildman–Crippen MR) is 54.2 cm³/mol. The topological polar surface area (TPSA) is 132 Å². The maximum absolute atomic E-state index is 10.3. The van der Waals surface area contributed by atoms with Crippen LogP contribution in [-0.4, -0.2) is 99.7 Å². The zero-order chi connectivity index (χ0) is 10.6. The zero-order valence-corrected chi connectivity index (χ0v) is 12.6. The van der Waals surface area contributed by atoms with Gasteiger partial charge in [-0.2, -0.15) is 0 Å². The number of hydrogen-bond donors (Lipinski definition) is 4. The molecule has 7 nitrogen and oxygen atoms in total. The monoisotopic (exact) mass is 428 g/mol. The summed E-state index contributed by atoms with van der Waals surface area (Å²) < 4.78 is 0. The van der Waals surface area contributed by atoms with E-state index in [0.29, 0.717) is 0 Å². The third kappa shape index (κ3) is 8.10. The van der Waals surface area contributed by atoms with Crippen LogP contribution in [-0.2, 0) is 14.4 Å². The van der Waals surface area contributed by atoms with E-state index >= 15 is 0 Å². The van der Waals surface area contributed by atoms with Crippen molar-refractivity contribution in [2.75, 3.05) is 0 Å². The summed E-state index contributed by atoms with van der Waals surface area (Å²) in [6.07, 6.45) is -2.29. The fourth-order valence-electron chi connectivity index (χ4n) is 0.714. The van der Waals surface area contributed by atoms with E-state index in [9.17, 15) is 14.4 Å². The molecule has 0 heterocycles. The van der Waals surface area contributed by atoms with Crippen LogP contribution in [0.4, 0.5) is 0 Å². The van der Waals surface area contributed by atoms with Gasteiger partial charge in [0.15, 0.2) is 5.60 Å². The Bertz CT molecular complexity index is 238. The number of carbonyl (C=O) groups is 3. The summed E-state index contributed by atoms with van der Waals surface area (Å²) in [5, 5.41) is 33.8. The fraction of sp³-hybridized carbons (Fsp3) is 0.500. The van der Waals surface area contributed by atoms with Crippen LogP contribution in [0.25, 0.3) is 0 Å².